The van der Waals surface area contributed by atoms with Crippen LogP contribution in [-0.4, -0.2) is 13.1 Å². The lowest BCUT2D eigenvalue weighted by atomic mass is 10.1. The zero-order valence-corrected chi connectivity index (χ0v) is 12.4. The monoisotopic (exact) mass is 278 g/mol. The van der Waals surface area contributed by atoms with E-state index in [4.69, 9.17) is 0 Å². The van der Waals surface area contributed by atoms with Crippen LogP contribution in [0, 0.1) is 0 Å². The second-order valence-electron chi connectivity index (χ2n) is 6.18. The van der Waals surface area contributed by atoms with Gasteiger partial charge in [0, 0.05) is 19.6 Å². The summed E-state index contributed by atoms with van der Waals surface area (Å²) in [5.74, 6) is 0. The molecule has 2 nitrogen and oxygen atoms in total. The van der Waals surface area contributed by atoms with Gasteiger partial charge in [-0.05, 0) is 54.5 Å². The van der Waals surface area contributed by atoms with E-state index in [2.05, 4.69) is 52.7 Å². The summed E-state index contributed by atoms with van der Waals surface area (Å²) in [6, 6.07) is 15.8. The van der Waals surface area contributed by atoms with Crippen molar-refractivity contribution in [3.8, 4) is 0 Å². The summed E-state index contributed by atoms with van der Waals surface area (Å²) in [7, 11) is 0. The van der Waals surface area contributed by atoms with E-state index in [0.29, 0.717) is 0 Å². The Morgan fingerprint density at radius 2 is 1.86 bits per heavy atom. The number of nitrogens with one attached hydrogen (secondary N) is 1. The molecule has 0 fully saturated rings. The SMILES string of the molecule is c1ccc2c(c1)NCCCN2Cc1ccc2c(c1)CCC2. The Morgan fingerprint density at radius 3 is 2.86 bits per heavy atom. The highest BCUT2D eigenvalue weighted by atomic mass is 15.2. The first kappa shape index (κ1) is 12.8. The molecule has 2 aromatic carbocycles. The number of anilines is 2. The molecule has 108 valence electrons. The van der Waals surface area contributed by atoms with Crippen molar-refractivity contribution in [2.24, 2.45) is 0 Å². The van der Waals surface area contributed by atoms with Gasteiger partial charge in [-0.1, -0.05) is 30.3 Å². The van der Waals surface area contributed by atoms with Crippen molar-refractivity contribution in [2.75, 3.05) is 23.3 Å². The van der Waals surface area contributed by atoms with Crippen LogP contribution in [0.15, 0.2) is 42.5 Å². The molecule has 0 atom stereocenters. The van der Waals surface area contributed by atoms with Crippen LogP contribution in [0.4, 0.5) is 11.4 Å². The first-order valence-corrected chi connectivity index (χ1v) is 8.09. The van der Waals surface area contributed by atoms with Crippen molar-refractivity contribution < 1.29 is 0 Å². The first-order valence-electron chi connectivity index (χ1n) is 8.09. The maximum Gasteiger partial charge on any atom is 0.0605 e. The molecule has 1 aliphatic heterocycles. The van der Waals surface area contributed by atoms with Crippen molar-refractivity contribution in [1.29, 1.82) is 0 Å². The van der Waals surface area contributed by atoms with Crippen LogP contribution in [0.5, 0.6) is 0 Å². The lowest BCUT2D eigenvalue weighted by Crippen LogP contribution is -2.23. The average Bonchev–Trinajstić information content (AvgIpc) is 2.89. The molecule has 1 heterocycles. The van der Waals surface area contributed by atoms with Gasteiger partial charge in [0.2, 0.25) is 0 Å². The average molecular weight is 278 g/mol. The number of aryl methyl sites for hydroxylation is 2. The fourth-order valence-corrected chi connectivity index (χ4v) is 3.62. The number of fused-ring (bicyclic) bond motifs is 2. The Balaban J connectivity index is 1.62. The maximum atomic E-state index is 3.54. The van der Waals surface area contributed by atoms with E-state index >= 15 is 0 Å². The molecular weight excluding hydrogens is 256 g/mol. The topological polar surface area (TPSA) is 15.3 Å². The van der Waals surface area contributed by atoms with Crippen LogP contribution in [-0.2, 0) is 19.4 Å². The molecule has 4 rings (SSSR count). The standard InChI is InChI=1S/C19H22N2/c1-2-8-19-18(7-1)20-11-4-12-21(19)14-15-9-10-16-5-3-6-17(16)13-15/h1-2,7-10,13,20H,3-6,11-12,14H2. The van der Waals surface area contributed by atoms with Crippen molar-refractivity contribution in [2.45, 2.75) is 32.2 Å². The van der Waals surface area contributed by atoms with Gasteiger partial charge < -0.3 is 10.2 Å². The molecule has 1 N–H and O–H groups in total. The second kappa shape index (κ2) is 5.44. The summed E-state index contributed by atoms with van der Waals surface area (Å²) in [5, 5.41) is 3.54. The van der Waals surface area contributed by atoms with Crippen molar-refractivity contribution >= 4 is 11.4 Å². The quantitative estimate of drug-likeness (QED) is 0.893. The largest absolute Gasteiger partial charge is 0.383 e. The van der Waals surface area contributed by atoms with Gasteiger partial charge in [0.1, 0.15) is 0 Å². The summed E-state index contributed by atoms with van der Waals surface area (Å²) in [6.07, 6.45) is 5.06. The second-order valence-corrected chi connectivity index (χ2v) is 6.18. The summed E-state index contributed by atoms with van der Waals surface area (Å²) < 4.78 is 0. The van der Waals surface area contributed by atoms with Crippen LogP contribution < -0.4 is 10.2 Å². The van der Waals surface area contributed by atoms with Gasteiger partial charge in [0.15, 0.2) is 0 Å². The Bertz CT molecular complexity index is 648. The van der Waals surface area contributed by atoms with E-state index in [0.717, 1.165) is 19.6 Å². The highest BCUT2D eigenvalue weighted by molar-refractivity contribution is 5.70. The Morgan fingerprint density at radius 1 is 0.952 bits per heavy atom. The van der Waals surface area contributed by atoms with Crippen molar-refractivity contribution in [1.82, 2.24) is 0 Å². The fourth-order valence-electron chi connectivity index (χ4n) is 3.62. The zero-order chi connectivity index (χ0) is 14.1. The molecule has 2 aliphatic rings. The molecule has 21 heavy (non-hydrogen) atoms. The lowest BCUT2D eigenvalue weighted by Gasteiger charge is -2.24. The number of rotatable bonds is 2. The number of nitrogens with zero attached hydrogens (tertiary/aromatic N) is 1. The van der Waals surface area contributed by atoms with Gasteiger partial charge in [-0.15, -0.1) is 0 Å². The van der Waals surface area contributed by atoms with Gasteiger partial charge >= 0.3 is 0 Å². The van der Waals surface area contributed by atoms with E-state index in [1.807, 2.05) is 0 Å². The predicted octanol–water partition coefficient (Wildman–Crippen LogP) is 4.00. The third kappa shape index (κ3) is 2.51. The third-order valence-corrected chi connectivity index (χ3v) is 4.70. The minimum atomic E-state index is 1.02. The van der Waals surface area contributed by atoms with E-state index in [-0.39, 0.29) is 0 Å². The van der Waals surface area contributed by atoms with Crippen molar-refractivity contribution in [3.05, 3.63) is 59.2 Å². The molecule has 2 aromatic rings. The number of benzene rings is 2. The number of hydrogen-bond acceptors (Lipinski definition) is 2. The van der Waals surface area contributed by atoms with Gasteiger partial charge in [-0.25, -0.2) is 0 Å². The molecule has 0 bridgehead atoms. The van der Waals surface area contributed by atoms with Crippen LogP contribution in [0.25, 0.3) is 0 Å². The Hall–Kier alpha value is -1.96. The molecule has 0 amide bonds. The van der Waals surface area contributed by atoms with Crippen molar-refractivity contribution in [3.63, 3.8) is 0 Å². The molecular formula is C19H22N2. The van der Waals surface area contributed by atoms with Gasteiger partial charge in [-0.3, -0.25) is 0 Å². The van der Waals surface area contributed by atoms with Gasteiger partial charge in [-0.2, -0.15) is 0 Å². The lowest BCUT2D eigenvalue weighted by molar-refractivity contribution is 0.763. The minimum Gasteiger partial charge on any atom is -0.383 e. The van der Waals surface area contributed by atoms with E-state index < -0.39 is 0 Å². The van der Waals surface area contributed by atoms with Crippen LogP contribution in [0.3, 0.4) is 0 Å². The molecule has 0 saturated heterocycles. The van der Waals surface area contributed by atoms with Crippen LogP contribution in [0.2, 0.25) is 0 Å². The summed E-state index contributed by atoms with van der Waals surface area (Å²) >= 11 is 0. The molecule has 1 aliphatic carbocycles. The normalized spacial score (nSPS) is 16.9. The summed E-state index contributed by atoms with van der Waals surface area (Å²) in [5.41, 5.74) is 7.21. The third-order valence-electron chi connectivity index (χ3n) is 4.70. The molecule has 0 spiro atoms. The highest BCUT2D eigenvalue weighted by Gasteiger charge is 2.16. The Labute approximate surface area is 126 Å². The maximum absolute atomic E-state index is 3.54. The Kier molecular flexibility index (Phi) is 3.30. The molecule has 0 saturated carbocycles. The van der Waals surface area contributed by atoms with E-state index in [9.17, 15) is 0 Å². The molecule has 0 unspecified atom stereocenters. The van der Waals surface area contributed by atoms with Crippen LogP contribution in [0.1, 0.15) is 29.5 Å². The molecule has 0 radical (unpaired) electrons. The molecule has 2 heteroatoms. The number of para-hydroxylation sites is 2. The first-order chi connectivity index (χ1) is 10.4. The highest BCUT2D eigenvalue weighted by Crippen LogP contribution is 2.30. The molecule has 0 aromatic heterocycles. The predicted molar refractivity (Wildman–Crippen MR) is 89.1 cm³/mol. The minimum absolute atomic E-state index is 1.02. The van der Waals surface area contributed by atoms with Gasteiger partial charge in [0.05, 0.1) is 11.4 Å². The van der Waals surface area contributed by atoms with Crippen LogP contribution >= 0.6 is 0 Å². The van der Waals surface area contributed by atoms with Gasteiger partial charge in [0.25, 0.3) is 0 Å². The zero-order valence-electron chi connectivity index (χ0n) is 12.4. The number of hydrogen-bond donors (Lipinski definition) is 1. The summed E-state index contributed by atoms with van der Waals surface area (Å²) in [4.78, 5) is 2.52. The van der Waals surface area contributed by atoms with E-state index in [1.165, 1.54) is 42.6 Å². The summed E-state index contributed by atoms with van der Waals surface area (Å²) in [6.45, 7) is 3.21. The smallest absolute Gasteiger partial charge is 0.0605 e. The van der Waals surface area contributed by atoms with E-state index in [1.54, 1.807) is 11.1 Å². The fraction of sp³-hybridized carbons (Fsp3) is 0.368.